The van der Waals surface area contributed by atoms with Crippen molar-refractivity contribution in [3.8, 4) is 17.6 Å². The third kappa shape index (κ3) is 4.09. The minimum Gasteiger partial charge on any atom is -0.466 e. The molecule has 0 radical (unpaired) electrons. The van der Waals surface area contributed by atoms with Crippen molar-refractivity contribution in [2.45, 2.75) is 6.92 Å². The van der Waals surface area contributed by atoms with Crippen LogP contribution in [-0.2, 0) is 4.74 Å². The first-order valence-electron chi connectivity index (χ1n) is 4.83. The van der Waals surface area contributed by atoms with E-state index in [2.05, 4.69) is 11.8 Å². The van der Waals surface area contributed by atoms with Crippen molar-refractivity contribution in [3.63, 3.8) is 0 Å². The summed E-state index contributed by atoms with van der Waals surface area (Å²) in [5.74, 6) is 5.69. The van der Waals surface area contributed by atoms with Gasteiger partial charge in [-0.3, -0.25) is 0 Å². The summed E-state index contributed by atoms with van der Waals surface area (Å²) in [7, 11) is 0. The highest BCUT2D eigenvalue weighted by atomic mass is 35.5. The van der Waals surface area contributed by atoms with Gasteiger partial charge in [0.25, 0.3) is 0 Å². The minimum absolute atomic E-state index is 0.0789. The lowest BCUT2D eigenvalue weighted by atomic mass is 10.2. The molecular weight excluding hydrogens is 231 g/mol. The summed E-state index contributed by atoms with van der Waals surface area (Å²) >= 11 is 5.45. The molecule has 0 atom stereocenters. The van der Waals surface area contributed by atoms with Crippen LogP contribution in [0.3, 0.4) is 0 Å². The van der Waals surface area contributed by atoms with Crippen molar-refractivity contribution in [1.29, 1.82) is 0 Å². The fraction of sp³-hybridized carbons (Fsp3) is 0.333. The van der Waals surface area contributed by atoms with Crippen LogP contribution in [0.25, 0.3) is 0 Å². The first kappa shape index (κ1) is 12.8. The Morgan fingerprint density at radius 3 is 2.94 bits per heavy atom. The van der Waals surface area contributed by atoms with E-state index in [-0.39, 0.29) is 18.5 Å². The Bertz CT molecular complexity index is 396. The molecule has 1 aromatic carbocycles. The summed E-state index contributed by atoms with van der Waals surface area (Å²) in [5, 5.41) is 0. The maximum absolute atomic E-state index is 13.0. The van der Waals surface area contributed by atoms with Crippen molar-refractivity contribution >= 4 is 11.6 Å². The quantitative estimate of drug-likeness (QED) is 0.350. The SMILES string of the molecule is CCOCOc1cc(F)ccc1C#CCCl. The molecular formula is C12H12ClFO2. The van der Waals surface area contributed by atoms with Gasteiger partial charge in [0.2, 0.25) is 0 Å². The number of hydrogen-bond donors (Lipinski definition) is 0. The largest absolute Gasteiger partial charge is 0.466 e. The Hall–Kier alpha value is -1.24. The summed E-state index contributed by atoms with van der Waals surface area (Å²) in [6.07, 6.45) is 0. The molecule has 0 aliphatic rings. The molecule has 0 heterocycles. The number of hydrogen-bond acceptors (Lipinski definition) is 2. The van der Waals surface area contributed by atoms with Crippen LogP contribution in [0.5, 0.6) is 5.75 Å². The van der Waals surface area contributed by atoms with E-state index in [1.165, 1.54) is 12.1 Å². The zero-order valence-corrected chi connectivity index (χ0v) is 9.68. The molecule has 1 aromatic rings. The molecule has 86 valence electrons. The lowest BCUT2D eigenvalue weighted by molar-refractivity contribution is 0.0221. The van der Waals surface area contributed by atoms with Gasteiger partial charge >= 0.3 is 0 Å². The van der Waals surface area contributed by atoms with Crippen LogP contribution in [0.2, 0.25) is 0 Å². The van der Waals surface area contributed by atoms with Crippen LogP contribution >= 0.6 is 11.6 Å². The van der Waals surface area contributed by atoms with Gasteiger partial charge in [0.05, 0.1) is 11.4 Å². The van der Waals surface area contributed by atoms with Crippen LogP contribution in [0.15, 0.2) is 18.2 Å². The highest BCUT2D eigenvalue weighted by Crippen LogP contribution is 2.19. The van der Waals surface area contributed by atoms with Gasteiger partial charge in [0, 0.05) is 12.7 Å². The van der Waals surface area contributed by atoms with Crippen LogP contribution in [0, 0.1) is 17.7 Å². The normalized spacial score (nSPS) is 9.44. The zero-order chi connectivity index (χ0) is 11.8. The maximum atomic E-state index is 13.0. The maximum Gasteiger partial charge on any atom is 0.189 e. The molecule has 0 spiro atoms. The second-order valence-corrected chi connectivity index (χ2v) is 3.10. The van der Waals surface area contributed by atoms with Crippen LogP contribution in [0.1, 0.15) is 12.5 Å². The molecule has 4 heteroatoms. The van der Waals surface area contributed by atoms with Crippen LogP contribution < -0.4 is 4.74 Å². The number of alkyl halides is 1. The third-order valence-corrected chi connectivity index (χ3v) is 1.87. The Kier molecular flexibility index (Phi) is 5.69. The second kappa shape index (κ2) is 7.10. The van der Waals surface area contributed by atoms with Gasteiger partial charge in [-0.05, 0) is 19.1 Å². The van der Waals surface area contributed by atoms with E-state index in [0.29, 0.717) is 17.9 Å². The van der Waals surface area contributed by atoms with Crippen molar-refractivity contribution in [1.82, 2.24) is 0 Å². The van der Waals surface area contributed by atoms with Crippen molar-refractivity contribution < 1.29 is 13.9 Å². The van der Waals surface area contributed by atoms with Gasteiger partial charge in [-0.15, -0.1) is 11.6 Å². The van der Waals surface area contributed by atoms with Gasteiger partial charge in [0.1, 0.15) is 11.6 Å². The predicted octanol–water partition coefficient (Wildman–Crippen LogP) is 2.79. The number of rotatable bonds is 4. The Labute approximate surface area is 99.3 Å². The summed E-state index contributed by atoms with van der Waals surface area (Å²) in [4.78, 5) is 0. The van der Waals surface area contributed by atoms with Crippen LogP contribution in [-0.4, -0.2) is 19.3 Å². The van der Waals surface area contributed by atoms with Gasteiger partial charge in [-0.2, -0.15) is 0 Å². The Morgan fingerprint density at radius 1 is 1.44 bits per heavy atom. The molecule has 0 bridgehead atoms. The monoisotopic (exact) mass is 242 g/mol. The molecule has 0 aliphatic heterocycles. The number of halogens is 2. The van der Waals surface area contributed by atoms with Crippen molar-refractivity contribution in [2.75, 3.05) is 19.3 Å². The predicted molar refractivity (Wildman–Crippen MR) is 61.1 cm³/mol. The molecule has 0 saturated heterocycles. The summed E-state index contributed by atoms with van der Waals surface area (Å²) < 4.78 is 23.2. The summed E-state index contributed by atoms with van der Waals surface area (Å²) in [6.45, 7) is 2.47. The standard InChI is InChI=1S/C12H12ClFO2/c1-2-15-9-16-12-8-11(14)6-5-10(12)4-3-7-13/h5-6,8H,2,7,9H2,1H3. The molecule has 0 fully saturated rings. The van der Waals surface area contributed by atoms with E-state index >= 15 is 0 Å². The lowest BCUT2D eigenvalue weighted by Gasteiger charge is -2.07. The average Bonchev–Trinajstić information content (AvgIpc) is 2.28. The first-order valence-corrected chi connectivity index (χ1v) is 5.36. The molecule has 0 amide bonds. The molecule has 0 unspecified atom stereocenters. The van der Waals surface area contributed by atoms with E-state index in [4.69, 9.17) is 21.1 Å². The Morgan fingerprint density at radius 2 is 2.25 bits per heavy atom. The van der Waals surface area contributed by atoms with E-state index in [0.717, 1.165) is 0 Å². The molecule has 0 aliphatic carbocycles. The number of ether oxygens (including phenoxy) is 2. The molecule has 16 heavy (non-hydrogen) atoms. The molecule has 0 aromatic heterocycles. The highest BCUT2D eigenvalue weighted by molar-refractivity contribution is 6.19. The highest BCUT2D eigenvalue weighted by Gasteiger charge is 2.03. The molecule has 1 rings (SSSR count). The molecule has 0 saturated carbocycles. The zero-order valence-electron chi connectivity index (χ0n) is 8.93. The van der Waals surface area contributed by atoms with E-state index in [9.17, 15) is 4.39 Å². The Balaban J connectivity index is 2.81. The number of benzene rings is 1. The van der Waals surface area contributed by atoms with Crippen molar-refractivity contribution in [2.24, 2.45) is 0 Å². The molecule has 0 N–H and O–H groups in total. The fourth-order valence-corrected chi connectivity index (χ4v) is 1.10. The topological polar surface area (TPSA) is 18.5 Å². The third-order valence-electron chi connectivity index (χ3n) is 1.74. The van der Waals surface area contributed by atoms with E-state index < -0.39 is 0 Å². The van der Waals surface area contributed by atoms with Gasteiger partial charge < -0.3 is 9.47 Å². The fourth-order valence-electron chi connectivity index (χ4n) is 1.04. The second-order valence-electron chi connectivity index (χ2n) is 2.83. The van der Waals surface area contributed by atoms with E-state index in [1.54, 1.807) is 6.07 Å². The minimum atomic E-state index is -0.372. The average molecular weight is 243 g/mol. The lowest BCUT2D eigenvalue weighted by Crippen LogP contribution is -2.03. The van der Waals surface area contributed by atoms with Crippen LogP contribution in [0.4, 0.5) is 4.39 Å². The summed E-state index contributed by atoms with van der Waals surface area (Å²) in [5.41, 5.74) is 0.599. The summed E-state index contributed by atoms with van der Waals surface area (Å²) in [6, 6.07) is 4.15. The van der Waals surface area contributed by atoms with Gasteiger partial charge in [0.15, 0.2) is 6.79 Å². The van der Waals surface area contributed by atoms with Crippen molar-refractivity contribution in [3.05, 3.63) is 29.6 Å². The first-order chi connectivity index (χ1) is 7.77. The van der Waals surface area contributed by atoms with Gasteiger partial charge in [-0.25, -0.2) is 4.39 Å². The smallest absolute Gasteiger partial charge is 0.189 e. The molecule has 2 nitrogen and oxygen atoms in total. The van der Waals surface area contributed by atoms with Gasteiger partial charge in [-0.1, -0.05) is 11.8 Å². The van der Waals surface area contributed by atoms with E-state index in [1.807, 2.05) is 6.92 Å².